The molecular formula is C16H20N2O3. The van der Waals surface area contributed by atoms with E-state index in [1.165, 1.54) is 0 Å². The molecule has 0 spiro atoms. The van der Waals surface area contributed by atoms with Crippen molar-refractivity contribution < 1.29 is 13.9 Å². The van der Waals surface area contributed by atoms with Crippen LogP contribution < -0.4 is 15.4 Å². The van der Waals surface area contributed by atoms with Crippen LogP contribution in [0.25, 0.3) is 0 Å². The summed E-state index contributed by atoms with van der Waals surface area (Å²) in [5, 5.41) is 5.90. The number of methoxy groups -OCH3 is 1. The normalized spacial score (nSPS) is 10.4. The molecule has 2 aromatic rings. The van der Waals surface area contributed by atoms with Crippen LogP contribution in [0.15, 0.2) is 41.0 Å². The van der Waals surface area contributed by atoms with E-state index in [-0.39, 0.29) is 12.5 Å². The van der Waals surface area contributed by atoms with Crippen molar-refractivity contribution in [2.75, 3.05) is 13.7 Å². The Morgan fingerprint density at radius 2 is 2.14 bits per heavy atom. The van der Waals surface area contributed by atoms with Gasteiger partial charge in [-0.1, -0.05) is 17.7 Å². The average Bonchev–Trinajstić information content (AvgIpc) is 2.99. The average molecular weight is 288 g/mol. The Hall–Kier alpha value is -2.27. The van der Waals surface area contributed by atoms with Crippen LogP contribution in [0, 0.1) is 6.92 Å². The van der Waals surface area contributed by atoms with Crippen molar-refractivity contribution in [3.8, 4) is 5.75 Å². The van der Waals surface area contributed by atoms with E-state index in [1.54, 1.807) is 19.4 Å². The molecule has 0 aliphatic carbocycles. The number of benzene rings is 1. The zero-order valence-electron chi connectivity index (χ0n) is 12.3. The summed E-state index contributed by atoms with van der Waals surface area (Å²) in [7, 11) is 1.64. The summed E-state index contributed by atoms with van der Waals surface area (Å²) in [6, 6.07) is 9.60. The number of aryl methyl sites for hydroxylation is 1. The maximum Gasteiger partial charge on any atom is 0.234 e. The van der Waals surface area contributed by atoms with E-state index in [9.17, 15) is 4.79 Å². The van der Waals surface area contributed by atoms with Gasteiger partial charge in [-0.25, -0.2) is 0 Å². The van der Waals surface area contributed by atoms with E-state index in [2.05, 4.69) is 10.6 Å². The van der Waals surface area contributed by atoms with E-state index in [4.69, 9.17) is 9.15 Å². The fraction of sp³-hybridized carbons (Fsp3) is 0.312. The molecule has 5 nitrogen and oxygen atoms in total. The van der Waals surface area contributed by atoms with E-state index in [1.807, 2.05) is 31.2 Å². The number of hydrogen-bond donors (Lipinski definition) is 2. The Morgan fingerprint density at radius 3 is 2.86 bits per heavy atom. The van der Waals surface area contributed by atoms with Crippen molar-refractivity contribution in [1.29, 1.82) is 0 Å². The first-order valence-electron chi connectivity index (χ1n) is 6.82. The first-order chi connectivity index (χ1) is 10.2. The van der Waals surface area contributed by atoms with Crippen molar-refractivity contribution in [3.63, 3.8) is 0 Å². The van der Waals surface area contributed by atoms with Crippen LogP contribution in [0.2, 0.25) is 0 Å². The maximum absolute atomic E-state index is 11.7. The third-order valence-corrected chi connectivity index (χ3v) is 3.08. The molecule has 2 N–H and O–H groups in total. The molecule has 0 saturated carbocycles. The number of ether oxygens (including phenoxy) is 1. The molecule has 5 heteroatoms. The van der Waals surface area contributed by atoms with E-state index >= 15 is 0 Å². The van der Waals surface area contributed by atoms with Crippen molar-refractivity contribution in [2.24, 2.45) is 0 Å². The highest BCUT2D eigenvalue weighted by Gasteiger charge is 2.05. The first kappa shape index (κ1) is 15.1. The highest BCUT2D eigenvalue weighted by Crippen LogP contribution is 2.19. The van der Waals surface area contributed by atoms with Gasteiger partial charge in [0.1, 0.15) is 11.5 Å². The van der Waals surface area contributed by atoms with Gasteiger partial charge in [-0.2, -0.15) is 0 Å². The topological polar surface area (TPSA) is 63.5 Å². The Kier molecular flexibility index (Phi) is 5.40. The molecule has 1 heterocycles. The molecule has 0 bridgehead atoms. The van der Waals surface area contributed by atoms with E-state index in [0.717, 1.165) is 22.6 Å². The summed E-state index contributed by atoms with van der Waals surface area (Å²) in [5.41, 5.74) is 2.20. The summed E-state index contributed by atoms with van der Waals surface area (Å²) in [4.78, 5) is 11.7. The number of furan rings is 1. The van der Waals surface area contributed by atoms with Gasteiger partial charge >= 0.3 is 0 Å². The molecular weight excluding hydrogens is 268 g/mol. The van der Waals surface area contributed by atoms with E-state index < -0.39 is 0 Å². The molecule has 0 radical (unpaired) electrons. The van der Waals surface area contributed by atoms with Crippen LogP contribution in [0.1, 0.15) is 16.9 Å². The summed E-state index contributed by atoms with van der Waals surface area (Å²) in [5.74, 6) is 1.49. The van der Waals surface area contributed by atoms with Gasteiger partial charge in [-0.3, -0.25) is 4.79 Å². The molecule has 1 amide bonds. The lowest BCUT2D eigenvalue weighted by Gasteiger charge is -2.10. The molecule has 112 valence electrons. The molecule has 0 atom stereocenters. The third kappa shape index (κ3) is 4.65. The Morgan fingerprint density at radius 1 is 1.29 bits per heavy atom. The SMILES string of the molecule is COc1ccc(C)cc1CNCC(=O)NCc1ccco1. The lowest BCUT2D eigenvalue weighted by Crippen LogP contribution is -2.33. The predicted octanol–water partition coefficient (Wildman–Crippen LogP) is 2.00. The fourth-order valence-electron chi connectivity index (χ4n) is 2.02. The van der Waals surface area contributed by atoms with Gasteiger partial charge in [0.05, 0.1) is 26.5 Å². The molecule has 1 aromatic carbocycles. The van der Waals surface area contributed by atoms with Gasteiger partial charge in [0.2, 0.25) is 5.91 Å². The summed E-state index contributed by atoms with van der Waals surface area (Å²) in [6.45, 7) is 3.26. The van der Waals surface area contributed by atoms with Crippen molar-refractivity contribution in [3.05, 3.63) is 53.5 Å². The Balaban J connectivity index is 1.76. The summed E-state index contributed by atoms with van der Waals surface area (Å²) in [6.07, 6.45) is 1.59. The predicted molar refractivity (Wildman–Crippen MR) is 80.0 cm³/mol. The van der Waals surface area contributed by atoms with Crippen molar-refractivity contribution in [1.82, 2.24) is 10.6 Å². The molecule has 21 heavy (non-hydrogen) atoms. The lowest BCUT2D eigenvalue weighted by atomic mass is 10.1. The van der Waals surface area contributed by atoms with Crippen LogP contribution in [0.3, 0.4) is 0 Å². The molecule has 0 aliphatic heterocycles. The third-order valence-electron chi connectivity index (χ3n) is 3.08. The zero-order valence-corrected chi connectivity index (χ0v) is 12.3. The standard InChI is InChI=1S/C16H20N2O3/c1-12-5-6-15(20-2)13(8-12)9-17-11-16(19)18-10-14-4-3-7-21-14/h3-8,17H,9-11H2,1-2H3,(H,18,19). The maximum atomic E-state index is 11.7. The van der Waals surface area contributed by atoms with Crippen molar-refractivity contribution in [2.45, 2.75) is 20.0 Å². The zero-order chi connectivity index (χ0) is 15.1. The minimum Gasteiger partial charge on any atom is -0.496 e. The minimum absolute atomic E-state index is 0.0713. The lowest BCUT2D eigenvalue weighted by molar-refractivity contribution is -0.120. The van der Waals surface area contributed by atoms with Gasteiger partial charge in [0.25, 0.3) is 0 Å². The number of nitrogens with one attached hydrogen (secondary N) is 2. The number of carbonyl (C=O) groups is 1. The highest BCUT2D eigenvalue weighted by molar-refractivity contribution is 5.77. The van der Waals surface area contributed by atoms with Crippen LogP contribution >= 0.6 is 0 Å². The van der Waals surface area contributed by atoms with Gasteiger partial charge in [0.15, 0.2) is 0 Å². The van der Waals surface area contributed by atoms with Crippen LogP contribution in [0.4, 0.5) is 0 Å². The number of rotatable bonds is 7. The Bertz CT molecular complexity index is 579. The van der Waals surface area contributed by atoms with Gasteiger partial charge in [-0.15, -0.1) is 0 Å². The molecule has 1 aromatic heterocycles. The molecule has 0 saturated heterocycles. The smallest absolute Gasteiger partial charge is 0.234 e. The number of amides is 1. The second kappa shape index (κ2) is 7.50. The summed E-state index contributed by atoms with van der Waals surface area (Å²) < 4.78 is 10.5. The quantitative estimate of drug-likeness (QED) is 0.818. The van der Waals surface area contributed by atoms with Crippen LogP contribution in [-0.4, -0.2) is 19.6 Å². The second-order valence-corrected chi connectivity index (χ2v) is 4.77. The van der Waals surface area contributed by atoms with Gasteiger partial charge in [-0.05, 0) is 25.1 Å². The highest BCUT2D eigenvalue weighted by atomic mass is 16.5. The first-order valence-corrected chi connectivity index (χ1v) is 6.82. The van der Waals surface area contributed by atoms with E-state index in [0.29, 0.717) is 13.1 Å². The minimum atomic E-state index is -0.0713. The van der Waals surface area contributed by atoms with Crippen molar-refractivity contribution >= 4 is 5.91 Å². The number of hydrogen-bond acceptors (Lipinski definition) is 4. The number of carbonyl (C=O) groups excluding carboxylic acids is 1. The summed E-state index contributed by atoms with van der Waals surface area (Å²) >= 11 is 0. The molecule has 0 fully saturated rings. The molecule has 2 rings (SSSR count). The Labute approximate surface area is 124 Å². The van der Waals surface area contributed by atoms with Crippen LogP contribution in [0.5, 0.6) is 5.75 Å². The van der Waals surface area contributed by atoms with Gasteiger partial charge in [0, 0.05) is 12.1 Å². The van der Waals surface area contributed by atoms with Gasteiger partial charge < -0.3 is 19.8 Å². The fourth-order valence-corrected chi connectivity index (χ4v) is 2.02. The largest absolute Gasteiger partial charge is 0.496 e. The monoisotopic (exact) mass is 288 g/mol. The molecule has 0 aliphatic rings. The second-order valence-electron chi connectivity index (χ2n) is 4.77. The van der Waals surface area contributed by atoms with Crippen LogP contribution in [-0.2, 0) is 17.9 Å². The molecule has 0 unspecified atom stereocenters.